The van der Waals surface area contributed by atoms with Crippen molar-refractivity contribution in [2.24, 2.45) is 0 Å². The number of rotatable bonds is 4. The number of para-hydroxylation sites is 4. The van der Waals surface area contributed by atoms with Gasteiger partial charge >= 0.3 is 0 Å². The van der Waals surface area contributed by atoms with Crippen LogP contribution in [0.4, 0.5) is 17.1 Å². The van der Waals surface area contributed by atoms with E-state index < -0.39 is 0 Å². The molecule has 240 valence electrons. The quantitative estimate of drug-likeness (QED) is 0.166. The molecule has 0 saturated carbocycles. The van der Waals surface area contributed by atoms with Crippen molar-refractivity contribution in [2.45, 2.75) is 26.2 Å². The first-order valence-corrected chi connectivity index (χ1v) is 15.8. The summed E-state index contributed by atoms with van der Waals surface area (Å²) in [6.07, 6.45) is 1.90. The number of aromatic nitrogens is 2. The molecular weight excluding hydrogens is 776 g/mol. The average molecular weight is 807 g/mol. The van der Waals surface area contributed by atoms with Crippen LogP contribution in [-0.2, 0) is 26.5 Å². The van der Waals surface area contributed by atoms with Gasteiger partial charge in [-0.05, 0) is 42.1 Å². The number of furan rings is 1. The number of hydrogen-bond donors (Lipinski definition) is 0. The van der Waals surface area contributed by atoms with Gasteiger partial charge in [-0.3, -0.25) is 0 Å². The van der Waals surface area contributed by atoms with Crippen molar-refractivity contribution in [3.05, 3.63) is 134 Å². The molecule has 0 fully saturated rings. The largest absolute Gasteiger partial charge is 0.509 e. The zero-order valence-corrected chi connectivity index (χ0v) is 29.2. The normalized spacial score (nSPS) is 13.1. The van der Waals surface area contributed by atoms with Crippen LogP contribution in [0.5, 0.6) is 11.5 Å². The van der Waals surface area contributed by atoms with Crippen molar-refractivity contribution < 1.29 is 30.2 Å². The van der Waals surface area contributed by atoms with Crippen LogP contribution in [0.3, 0.4) is 0 Å². The number of pyridine rings is 1. The van der Waals surface area contributed by atoms with Gasteiger partial charge < -0.3 is 23.5 Å². The first-order valence-electron chi connectivity index (χ1n) is 15.8. The van der Waals surface area contributed by atoms with Crippen molar-refractivity contribution in [3.8, 4) is 17.3 Å². The maximum absolute atomic E-state index is 6.62. The van der Waals surface area contributed by atoms with E-state index in [9.17, 15) is 0 Å². The second kappa shape index (κ2) is 11.3. The molecule has 0 saturated heterocycles. The van der Waals surface area contributed by atoms with Gasteiger partial charge in [0.15, 0.2) is 0 Å². The molecule has 8 aromatic rings. The van der Waals surface area contributed by atoms with E-state index in [4.69, 9.17) is 14.1 Å². The van der Waals surface area contributed by atoms with E-state index in [-0.39, 0.29) is 26.5 Å². The van der Waals surface area contributed by atoms with Crippen LogP contribution in [0, 0.1) is 18.8 Å². The first kappa shape index (κ1) is 30.3. The Morgan fingerprint density at radius 1 is 0.729 bits per heavy atom. The van der Waals surface area contributed by atoms with Crippen LogP contribution < -0.4 is 14.5 Å². The Morgan fingerprint density at radius 2 is 1.48 bits per heavy atom. The molecule has 0 bridgehead atoms. The SMILES string of the molecule is CN1[CH-]N(c2[c-]c(Oc3[c-]c4c(cc3)c3ccccc3n4-c3cc4oc5ccccc5c4cn3)cc(C(C)(C)C)c2)c2ccccc21.[Pt]. The van der Waals surface area contributed by atoms with E-state index >= 15 is 0 Å². The van der Waals surface area contributed by atoms with Crippen LogP contribution in [-0.4, -0.2) is 16.6 Å². The predicted octanol–water partition coefficient (Wildman–Crippen LogP) is 10.5. The molecule has 48 heavy (non-hydrogen) atoms. The molecule has 6 nitrogen and oxygen atoms in total. The fourth-order valence-electron chi connectivity index (χ4n) is 6.62. The third-order valence-corrected chi connectivity index (χ3v) is 9.02. The molecule has 4 heterocycles. The molecular formula is C41H31N4O2Pt-3. The molecule has 0 amide bonds. The summed E-state index contributed by atoms with van der Waals surface area (Å²) in [5.41, 5.74) is 7.77. The van der Waals surface area contributed by atoms with E-state index in [1.54, 1.807) is 0 Å². The van der Waals surface area contributed by atoms with Crippen LogP contribution in [0.15, 0.2) is 114 Å². The predicted molar refractivity (Wildman–Crippen MR) is 190 cm³/mol. The molecule has 5 aromatic carbocycles. The van der Waals surface area contributed by atoms with Gasteiger partial charge in [-0.2, -0.15) is 12.7 Å². The Kier molecular flexibility index (Phi) is 7.12. The summed E-state index contributed by atoms with van der Waals surface area (Å²) >= 11 is 0. The Balaban J connectivity index is 0.00000336. The topological polar surface area (TPSA) is 46.7 Å². The van der Waals surface area contributed by atoms with Crippen molar-refractivity contribution >= 4 is 60.8 Å². The van der Waals surface area contributed by atoms with Gasteiger partial charge in [-0.15, -0.1) is 47.0 Å². The molecule has 1 aliphatic heterocycles. The van der Waals surface area contributed by atoms with Gasteiger partial charge in [0, 0.05) is 72.5 Å². The van der Waals surface area contributed by atoms with Crippen molar-refractivity contribution in [1.82, 2.24) is 9.55 Å². The molecule has 0 unspecified atom stereocenters. The van der Waals surface area contributed by atoms with Gasteiger partial charge in [0.1, 0.15) is 17.0 Å². The Bertz CT molecular complexity index is 2510. The zero-order chi connectivity index (χ0) is 31.9. The summed E-state index contributed by atoms with van der Waals surface area (Å²) in [7, 11) is 2.06. The summed E-state index contributed by atoms with van der Waals surface area (Å²) in [6, 6.07) is 42.3. The molecule has 1 aliphatic rings. The minimum atomic E-state index is -0.103. The van der Waals surface area contributed by atoms with Gasteiger partial charge in [0.2, 0.25) is 0 Å². The summed E-state index contributed by atoms with van der Waals surface area (Å²) in [5.74, 6) is 1.99. The third-order valence-electron chi connectivity index (χ3n) is 9.02. The van der Waals surface area contributed by atoms with Crippen LogP contribution >= 0.6 is 0 Å². The van der Waals surface area contributed by atoms with E-state index in [0.29, 0.717) is 11.5 Å². The minimum Gasteiger partial charge on any atom is -0.509 e. The maximum Gasteiger partial charge on any atom is 0.140 e. The molecule has 0 N–H and O–H groups in total. The average Bonchev–Trinajstić information content (AvgIpc) is 3.73. The van der Waals surface area contributed by atoms with Gasteiger partial charge in [-0.1, -0.05) is 74.8 Å². The van der Waals surface area contributed by atoms with E-state index in [0.717, 1.165) is 72.2 Å². The molecule has 0 radical (unpaired) electrons. The van der Waals surface area contributed by atoms with Gasteiger partial charge in [0.05, 0.1) is 0 Å². The number of ether oxygens (including phenoxy) is 1. The van der Waals surface area contributed by atoms with Gasteiger partial charge in [0.25, 0.3) is 0 Å². The number of anilines is 3. The Morgan fingerprint density at radius 3 is 2.31 bits per heavy atom. The molecule has 3 aromatic heterocycles. The molecule has 7 heteroatoms. The maximum atomic E-state index is 6.62. The molecule has 0 atom stereocenters. The number of fused-ring (bicyclic) bond motifs is 7. The second-order valence-corrected chi connectivity index (χ2v) is 13.1. The second-order valence-electron chi connectivity index (χ2n) is 13.1. The van der Waals surface area contributed by atoms with Crippen LogP contribution in [0.1, 0.15) is 26.3 Å². The van der Waals surface area contributed by atoms with E-state index in [2.05, 4.69) is 128 Å². The van der Waals surface area contributed by atoms with Crippen LogP contribution in [0.2, 0.25) is 0 Å². The number of benzene rings is 5. The Labute approximate surface area is 293 Å². The van der Waals surface area contributed by atoms with E-state index in [1.165, 1.54) is 0 Å². The van der Waals surface area contributed by atoms with Crippen molar-refractivity contribution in [3.63, 3.8) is 0 Å². The van der Waals surface area contributed by atoms with Crippen LogP contribution in [0.25, 0.3) is 49.6 Å². The summed E-state index contributed by atoms with van der Waals surface area (Å²) in [5, 5.41) is 4.24. The number of nitrogens with zero attached hydrogens (tertiary/aromatic N) is 4. The standard InChI is InChI=1S/C41H31N4O2.Pt/c1-41(2,3)26-19-27(44-25-43(4)35-14-8-9-15-36(35)44)21-29(20-26)46-28-17-18-31-30-11-5-7-13-34(30)45(37(31)22-28)40-23-39-33(24-42-40)32-12-6-10-16-38(32)47-39;/h5-20,23-25H,1-4H3;/q-3;. The Hall–Kier alpha value is -5.06. The first-order chi connectivity index (χ1) is 22.8. The summed E-state index contributed by atoms with van der Waals surface area (Å²) in [6.45, 7) is 8.74. The summed E-state index contributed by atoms with van der Waals surface area (Å²) < 4.78 is 15.0. The smallest absolute Gasteiger partial charge is 0.140 e. The molecule has 9 rings (SSSR count). The molecule has 0 aliphatic carbocycles. The van der Waals surface area contributed by atoms with Crippen molar-refractivity contribution in [1.29, 1.82) is 0 Å². The fourth-order valence-corrected chi connectivity index (χ4v) is 6.62. The van der Waals surface area contributed by atoms with E-state index in [1.807, 2.05) is 42.6 Å². The fraction of sp³-hybridized carbons (Fsp3) is 0.122. The number of hydrogen-bond acceptors (Lipinski definition) is 5. The minimum absolute atomic E-state index is 0. The molecule has 0 spiro atoms. The third kappa shape index (κ3) is 4.86. The monoisotopic (exact) mass is 806 g/mol. The summed E-state index contributed by atoms with van der Waals surface area (Å²) in [4.78, 5) is 9.23. The van der Waals surface area contributed by atoms with Crippen molar-refractivity contribution in [2.75, 3.05) is 16.8 Å². The zero-order valence-electron chi connectivity index (χ0n) is 26.9. The van der Waals surface area contributed by atoms with Gasteiger partial charge in [-0.25, -0.2) is 4.98 Å².